The molecule has 0 saturated heterocycles. The molecule has 3 heterocycles. The van der Waals surface area contributed by atoms with Crippen LogP contribution in [0.3, 0.4) is 0 Å². The summed E-state index contributed by atoms with van der Waals surface area (Å²) in [7, 11) is 1.60. The molecular formula is C36H36FN3O4S. The number of carbonyl (C=O) groups is 1. The van der Waals surface area contributed by atoms with Gasteiger partial charge in [-0.3, -0.25) is 0 Å². The van der Waals surface area contributed by atoms with E-state index >= 15 is 0 Å². The molecule has 0 unspecified atom stereocenters. The molecular weight excluding hydrogens is 589 g/mol. The van der Waals surface area contributed by atoms with Gasteiger partial charge in [0.05, 0.1) is 18.0 Å². The maximum absolute atomic E-state index is 14.5. The number of nitrogens with zero attached hydrogens (tertiary/aromatic N) is 2. The van der Waals surface area contributed by atoms with Crippen LogP contribution in [0.2, 0.25) is 0 Å². The highest BCUT2D eigenvalue weighted by atomic mass is 32.1. The number of hydrogen-bond donors (Lipinski definition) is 1. The van der Waals surface area contributed by atoms with Crippen molar-refractivity contribution in [3.8, 4) is 39.4 Å². The van der Waals surface area contributed by atoms with Gasteiger partial charge in [-0.25, -0.2) is 14.2 Å². The van der Waals surface area contributed by atoms with E-state index in [0.717, 1.165) is 49.3 Å². The first-order valence-electron chi connectivity index (χ1n) is 14.9. The van der Waals surface area contributed by atoms with Crippen LogP contribution in [0, 0.1) is 5.82 Å². The van der Waals surface area contributed by atoms with Gasteiger partial charge in [0.25, 0.3) is 0 Å². The van der Waals surface area contributed by atoms with Crippen molar-refractivity contribution in [2.24, 2.45) is 0 Å². The van der Waals surface area contributed by atoms with Crippen LogP contribution in [0.4, 0.5) is 14.9 Å². The predicted octanol–water partition coefficient (Wildman–Crippen LogP) is 8.34. The fourth-order valence-electron chi connectivity index (χ4n) is 5.63. The second-order valence-corrected chi connectivity index (χ2v) is 13.0. The molecule has 9 heteroatoms. The number of amides is 1. The van der Waals surface area contributed by atoms with Crippen molar-refractivity contribution in [3.05, 3.63) is 89.1 Å². The third-order valence-corrected chi connectivity index (χ3v) is 8.60. The molecule has 0 radical (unpaired) electrons. The third-order valence-electron chi connectivity index (χ3n) is 7.67. The Hall–Kier alpha value is -4.47. The van der Waals surface area contributed by atoms with Crippen molar-refractivity contribution in [2.45, 2.75) is 39.3 Å². The van der Waals surface area contributed by atoms with Crippen molar-refractivity contribution in [2.75, 3.05) is 32.6 Å². The summed E-state index contributed by atoms with van der Waals surface area (Å²) in [5.41, 5.74) is 13.6. The number of aromatic nitrogens is 1. The van der Waals surface area contributed by atoms with E-state index in [1.54, 1.807) is 29.4 Å². The number of hydrogen-bond acceptors (Lipinski definition) is 7. The van der Waals surface area contributed by atoms with Gasteiger partial charge in [-0.2, -0.15) is 0 Å². The standard InChI is InChI=1S/C36H36FN3O4S/c1-36(2,3)44-35(41)40-14-12-22-18-24(8-9-25(22)21-40)32-29-13-17-45-34(29)31(33(39-32)23-6-5-7-27(38)19-23)28-11-10-26(37)20-30(28)43-16-15-42-4/h5-11,13,17-20H,12,14-16,21,38H2,1-4H3. The van der Waals surface area contributed by atoms with Gasteiger partial charge in [0.1, 0.15) is 23.8 Å². The number of carbonyl (C=O) groups excluding carboxylic acids is 1. The van der Waals surface area contributed by atoms with Gasteiger partial charge in [-0.1, -0.05) is 24.3 Å². The molecule has 0 atom stereocenters. The van der Waals surface area contributed by atoms with Crippen molar-refractivity contribution in [1.29, 1.82) is 0 Å². The first-order chi connectivity index (χ1) is 21.6. The van der Waals surface area contributed by atoms with E-state index in [0.29, 0.717) is 37.6 Å². The van der Waals surface area contributed by atoms with E-state index in [1.165, 1.54) is 17.7 Å². The average molecular weight is 626 g/mol. The summed E-state index contributed by atoms with van der Waals surface area (Å²) < 4.78 is 32.3. The Labute approximate surface area is 266 Å². The van der Waals surface area contributed by atoms with Crippen molar-refractivity contribution >= 4 is 33.2 Å². The van der Waals surface area contributed by atoms with Gasteiger partial charge in [0.2, 0.25) is 0 Å². The van der Waals surface area contributed by atoms with Crippen LogP contribution in [0.25, 0.3) is 43.7 Å². The lowest BCUT2D eigenvalue weighted by Crippen LogP contribution is -2.39. The molecule has 232 valence electrons. The second-order valence-electron chi connectivity index (χ2n) is 12.1. The van der Waals surface area contributed by atoms with Crippen LogP contribution in [-0.2, 0) is 22.4 Å². The minimum Gasteiger partial charge on any atom is -0.490 e. The monoisotopic (exact) mass is 625 g/mol. The van der Waals surface area contributed by atoms with E-state index in [2.05, 4.69) is 29.6 Å². The fourth-order valence-corrected chi connectivity index (χ4v) is 6.59. The van der Waals surface area contributed by atoms with Crippen LogP contribution in [0.15, 0.2) is 72.1 Å². The Morgan fingerprint density at radius 1 is 1.00 bits per heavy atom. The number of nitrogen functional groups attached to an aromatic ring is 1. The molecule has 45 heavy (non-hydrogen) atoms. The van der Waals surface area contributed by atoms with Gasteiger partial charge < -0.3 is 24.8 Å². The summed E-state index contributed by atoms with van der Waals surface area (Å²) in [6.07, 6.45) is 0.417. The van der Waals surface area contributed by atoms with E-state index in [-0.39, 0.29) is 18.5 Å². The molecule has 7 nitrogen and oxygen atoms in total. The average Bonchev–Trinajstić information content (AvgIpc) is 3.49. The second kappa shape index (κ2) is 12.5. The lowest BCUT2D eigenvalue weighted by atomic mass is 9.93. The molecule has 0 aliphatic carbocycles. The van der Waals surface area contributed by atoms with Crippen LogP contribution < -0.4 is 10.5 Å². The summed E-state index contributed by atoms with van der Waals surface area (Å²) in [4.78, 5) is 19.8. The van der Waals surface area contributed by atoms with E-state index < -0.39 is 5.60 Å². The zero-order valence-corrected chi connectivity index (χ0v) is 26.7. The Kier molecular flexibility index (Phi) is 8.48. The quantitative estimate of drug-likeness (QED) is 0.145. The Morgan fingerprint density at radius 3 is 2.60 bits per heavy atom. The van der Waals surface area contributed by atoms with Crippen LogP contribution in [0.1, 0.15) is 31.9 Å². The molecule has 1 aliphatic heterocycles. The van der Waals surface area contributed by atoms with Crippen molar-refractivity contribution < 1.29 is 23.4 Å². The SMILES string of the molecule is COCCOc1cc(F)ccc1-c1c(-c2cccc(N)c2)nc(-c2ccc3c(c2)CCN(C(=O)OC(C)(C)C)C3)c2ccsc12. The zero-order valence-electron chi connectivity index (χ0n) is 25.9. The Bertz CT molecular complexity index is 1880. The summed E-state index contributed by atoms with van der Waals surface area (Å²) >= 11 is 1.61. The molecule has 5 aromatic rings. The fraction of sp³-hybridized carbons (Fsp3) is 0.278. The van der Waals surface area contributed by atoms with Gasteiger partial charge in [-0.15, -0.1) is 11.3 Å². The van der Waals surface area contributed by atoms with Gasteiger partial charge in [0.15, 0.2) is 0 Å². The molecule has 2 aromatic heterocycles. The van der Waals surface area contributed by atoms with Crippen LogP contribution in [-0.4, -0.2) is 48.4 Å². The largest absolute Gasteiger partial charge is 0.490 e. The molecule has 0 bridgehead atoms. The van der Waals surface area contributed by atoms with Crippen molar-refractivity contribution in [3.63, 3.8) is 0 Å². The topological polar surface area (TPSA) is 86.9 Å². The number of nitrogens with two attached hydrogens (primary N) is 1. The van der Waals surface area contributed by atoms with E-state index in [1.807, 2.05) is 45.0 Å². The highest BCUT2D eigenvalue weighted by Crippen LogP contribution is 2.46. The van der Waals surface area contributed by atoms with E-state index in [4.69, 9.17) is 24.9 Å². The lowest BCUT2D eigenvalue weighted by molar-refractivity contribution is 0.0224. The normalized spacial score (nSPS) is 13.1. The molecule has 1 amide bonds. The number of ether oxygens (including phenoxy) is 3. The molecule has 0 saturated carbocycles. The zero-order chi connectivity index (χ0) is 31.7. The first kappa shape index (κ1) is 30.6. The number of anilines is 1. The maximum Gasteiger partial charge on any atom is 0.410 e. The van der Waals surface area contributed by atoms with E-state index in [9.17, 15) is 9.18 Å². The molecule has 3 aromatic carbocycles. The maximum atomic E-state index is 14.5. The molecule has 2 N–H and O–H groups in total. The molecule has 6 rings (SSSR count). The number of benzene rings is 3. The molecule has 0 fully saturated rings. The Balaban J connectivity index is 1.48. The highest BCUT2D eigenvalue weighted by Gasteiger charge is 2.27. The molecule has 1 aliphatic rings. The van der Waals surface area contributed by atoms with Crippen LogP contribution >= 0.6 is 11.3 Å². The Morgan fingerprint density at radius 2 is 1.82 bits per heavy atom. The smallest absolute Gasteiger partial charge is 0.410 e. The van der Waals surface area contributed by atoms with Gasteiger partial charge in [0, 0.05) is 64.3 Å². The number of halogens is 1. The first-order valence-corrected chi connectivity index (χ1v) is 15.8. The molecule has 0 spiro atoms. The predicted molar refractivity (Wildman–Crippen MR) is 178 cm³/mol. The summed E-state index contributed by atoms with van der Waals surface area (Å²) in [6, 6.07) is 20.6. The summed E-state index contributed by atoms with van der Waals surface area (Å²) in [5, 5.41) is 3.04. The van der Waals surface area contributed by atoms with Crippen LogP contribution in [0.5, 0.6) is 5.75 Å². The minimum atomic E-state index is -0.545. The number of fused-ring (bicyclic) bond motifs is 2. The highest BCUT2D eigenvalue weighted by molar-refractivity contribution is 7.18. The number of rotatable bonds is 7. The lowest BCUT2D eigenvalue weighted by Gasteiger charge is -2.31. The van der Waals surface area contributed by atoms with Gasteiger partial charge in [-0.05, 0) is 80.1 Å². The third kappa shape index (κ3) is 6.50. The van der Waals surface area contributed by atoms with Crippen molar-refractivity contribution in [1.82, 2.24) is 9.88 Å². The summed E-state index contributed by atoms with van der Waals surface area (Å²) in [6.45, 7) is 7.36. The minimum absolute atomic E-state index is 0.278. The number of thiophene rings is 1. The number of pyridine rings is 1. The number of methoxy groups -OCH3 is 1. The summed E-state index contributed by atoms with van der Waals surface area (Å²) in [5.74, 6) is 0.0349. The van der Waals surface area contributed by atoms with Gasteiger partial charge >= 0.3 is 6.09 Å².